The fourth-order valence-corrected chi connectivity index (χ4v) is 3.73. The summed E-state index contributed by atoms with van der Waals surface area (Å²) in [4.78, 5) is 16.9. The standard InChI is InChI=1S/C27H24N4O3/c1-18-7-3-4-10-23(18)24-12-11-21(16-22(24)17-33-2)27-30-25(31-34-27)19-8-5-9-20(15-19)26(32)29-14-6-13-28/h3-5,7-12,15-16H,6,14,17H2,1-2H3,(H,29,32). The number of nitrogens with zero attached hydrogens (tertiary/aromatic N) is 3. The van der Waals surface area contributed by atoms with E-state index in [1.54, 1.807) is 25.3 Å². The molecule has 0 atom stereocenters. The number of ether oxygens (including phenoxy) is 1. The van der Waals surface area contributed by atoms with Crippen molar-refractivity contribution in [2.75, 3.05) is 13.7 Å². The zero-order valence-electron chi connectivity index (χ0n) is 19.0. The van der Waals surface area contributed by atoms with Gasteiger partial charge < -0.3 is 14.6 Å². The van der Waals surface area contributed by atoms with Gasteiger partial charge in [-0.3, -0.25) is 4.79 Å². The molecule has 0 fully saturated rings. The van der Waals surface area contributed by atoms with Crippen LogP contribution in [-0.2, 0) is 11.3 Å². The second-order valence-electron chi connectivity index (χ2n) is 7.79. The number of methoxy groups -OCH3 is 1. The van der Waals surface area contributed by atoms with Crippen LogP contribution in [0.1, 0.15) is 27.9 Å². The van der Waals surface area contributed by atoms with E-state index in [2.05, 4.69) is 34.5 Å². The van der Waals surface area contributed by atoms with Crippen LogP contribution in [0.15, 0.2) is 71.3 Å². The van der Waals surface area contributed by atoms with Crippen LogP contribution >= 0.6 is 0 Å². The number of carbonyl (C=O) groups is 1. The lowest BCUT2D eigenvalue weighted by Gasteiger charge is -2.12. The van der Waals surface area contributed by atoms with E-state index < -0.39 is 0 Å². The average molecular weight is 453 g/mol. The maximum atomic E-state index is 12.3. The van der Waals surface area contributed by atoms with E-state index in [0.717, 1.165) is 22.3 Å². The maximum Gasteiger partial charge on any atom is 0.258 e. The largest absolute Gasteiger partial charge is 0.380 e. The van der Waals surface area contributed by atoms with Crippen LogP contribution in [0.2, 0.25) is 0 Å². The molecule has 0 bridgehead atoms. The molecule has 1 amide bonds. The Balaban J connectivity index is 1.62. The van der Waals surface area contributed by atoms with Crippen molar-refractivity contribution < 1.29 is 14.1 Å². The fraction of sp³-hybridized carbons (Fsp3) is 0.185. The number of amides is 1. The number of aromatic nitrogens is 2. The van der Waals surface area contributed by atoms with E-state index in [1.807, 2.05) is 42.5 Å². The van der Waals surface area contributed by atoms with Crippen molar-refractivity contribution in [1.29, 1.82) is 5.26 Å². The highest BCUT2D eigenvalue weighted by Crippen LogP contribution is 2.31. The molecule has 170 valence electrons. The Morgan fingerprint density at radius 3 is 2.71 bits per heavy atom. The van der Waals surface area contributed by atoms with Crippen molar-refractivity contribution in [2.24, 2.45) is 0 Å². The summed E-state index contributed by atoms with van der Waals surface area (Å²) >= 11 is 0. The predicted molar refractivity (Wildman–Crippen MR) is 129 cm³/mol. The first-order chi connectivity index (χ1) is 16.6. The molecule has 7 heteroatoms. The maximum absolute atomic E-state index is 12.3. The van der Waals surface area contributed by atoms with Crippen LogP contribution in [0.4, 0.5) is 0 Å². The molecule has 0 unspecified atom stereocenters. The molecule has 3 aromatic carbocycles. The van der Waals surface area contributed by atoms with E-state index >= 15 is 0 Å². The van der Waals surface area contributed by atoms with Crippen molar-refractivity contribution in [3.05, 3.63) is 83.4 Å². The third-order valence-corrected chi connectivity index (χ3v) is 5.42. The predicted octanol–water partition coefficient (Wildman–Crippen LogP) is 5.17. The topological polar surface area (TPSA) is 101 Å². The molecule has 4 rings (SSSR count). The summed E-state index contributed by atoms with van der Waals surface area (Å²) in [7, 11) is 1.67. The number of nitriles is 1. The van der Waals surface area contributed by atoms with Gasteiger partial charge in [-0.25, -0.2) is 0 Å². The summed E-state index contributed by atoms with van der Waals surface area (Å²) in [5.74, 6) is 0.516. The Kier molecular flexibility index (Phi) is 7.11. The lowest BCUT2D eigenvalue weighted by Crippen LogP contribution is -2.24. The van der Waals surface area contributed by atoms with Gasteiger partial charge in [-0.15, -0.1) is 0 Å². The van der Waals surface area contributed by atoms with Gasteiger partial charge in [-0.2, -0.15) is 10.2 Å². The van der Waals surface area contributed by atoms with Gasteiger partial charge in [0.2, 0.25) is 5.82 Å². The number of nitrogens with one attached hydrogen (secondary N) is 1. The first-order valence-corrected chi connectivity index (χ1v) is 10.9. The molecule has 0 saturated carbocycles. The number of hydrogen-bond acceptors (Lipinski definition) is 6. The van der Waals surface area contributed by atoms with Gasteiger partial charge in [0.25, 0.3) is 11.8 Å². The Labute approximate surface area is 198 Å². The number of benzene rings is 3. The third-order valence-electron chi connectivity index (χ3n) is 5.42. The minimum absolute atomic E-state index is 0.253. The van der Waals surface area contributed by atoms with Crippen LogP contribution < -0.4 is 5.32 Å². The quantitative estimate of drug-likeness (QED) is 0.370. The van der Waals surface area contributed by atoms with Crippen LogP contribution in [0.3, 0.4) is 0 Å². The van der Waals surface area contributed by atoms with E-state index in [-0.39, 0.29) is 12.3 Å². The van der Waals surface area contributed by atoms with Crippen LogP contribution in [0.25, 0.3) is 34.0 Å². The molecule has 7 nitrogen and oxygen atoms in total. The van der Waals surface area contributed by atoms with Gasteiger partial charge in [-0.1, -0.05) is 47.6 Å². The summed E-state index contributed by atoms with van der Waals surface area (Å²) in [6, 6.07) is 23.2. The number of aryl methyl sites for hydroxylation is 1. The van der Waals surface area contributed by atoms with Crippen molar-refractivity contribution in [3.63, 3.8) is 0 Å². The summed E-state index contributed by atoms with van der Waals surface area (Å²) in [6.45, 7) is 2.83. The Bertz CT molecular complexity index is 1350. The van der Waals surface area contributed by atoms with Gasteiger partial charge in [0.15, 0.2) is 0 Å². The Morgan fingerprint density at radius 2 is 1.91 bits per heavy atom. The first-order valence-electron chi connectivity index (χ1n) is 10.9. The zero-order valence-corrected chi connectivity index (χ0v) is 19.0. The third kappa shape index (κ3) is 5.03. The Hall–Kier alpha value is -4.28. The monoisotopic (exact) mass is 452 g/mol. The first kappa shape index (κ1) is 22.9. The van der Waals surface area contributed by atoms with Gasteiger partial charge in [0, 0.05) is 30.3 Å². The molecule has 0 aliphatic carbocycles. The second kappa shape index (κ2) is 10.6. The molecule has 34 heavy (non-hydrogen) atoms. The van der Waals surface area contributed by atoms with E-state index in [0.29, 0.717) is 36.0 Å². The van der Waals surface area contributed by atoms with Gasteiger partial charge in [0.05, 0.1) is 19.1 Å². The molecule has 0 radical (unpaired) electrons. The molecule has 1 aromatic heterocycles. The van der Waals surface area contributed by atoms with E-state index in [1.165, 1.54) is 5.56 Å². The molecule has 0 aliphatic rings. The molecule has 4 aromatic rings. The molecular weight excluding hydrogens is 428 g/mol. The lowest BCUT2D eigenvalue weighted by molar-refractivity contribution is 0.0954. The SMILES string of the molecule is COCc1cc(-c2nc(-c3cccc(C(=O)NCCC#N)c3)no2)ccc1-c1ccccc1C. The summed E-state index contributed by atoms with van der Waals surface area (Å²) < 4.78 is 11.0. The van der Waals surface area contributed by atoms with E-state index in [4.69, 9.17) is 14.5 Å². The molecule has 1 N–H and O–H groups in total. The van der Waals surface area contributed by atoms with Crippen LogP contribution in [0.5, 0.6) is 0 Å². The smallest absolute Gasteiger partial charge is 0.258 e. The zero-order chi connectivity index (χ0) is 23.9. The highest BCUT2D eigenvalue weighted by molar-refractivity contribution is 5.95. The van der Waals surface area contributed by atoms with E-state index in [9.17, 15) is 4.79 Å². The minimum atomic E-state index is -0.253. The summed E-state index contributed by atoms with van der Waals surface area (Å²) in [6.07, 6.45) is 0.257. The van der Waals surface area contributed by atoms with Crippen molar-refractivity contribution >= 4 is 5.91 Å². The number of rotatable bonds is 8. The molecular formula is C27H24N4O3. The minimum Gasteiger partial charge on any atom is -0.380 e. The van der Waals surface area contributed by atoms with Gasteiger partial charge in [0.1, 0.15) is 0 Å². The van der Waals surface area contributed by atoms with Crippen molar-refractivity contribution in [2.45, 2.75) is 20.0 Å². The summed E-state index contributed by atoms with van der Waals surface area (Å²) in [5.41, 5.74) is 6.36. The van der Waals surface area contributed by atoms with Crippen LogP contribution in [0, 0.1) is 18.3 Å². The number of carbonyl (C=O) groups excluding carboxylic acids is 1. The molecule has 0 spiro atoms. The molecule has 0 aliphatic heterocycles. The van der Waals surface area contributed by atoms with Crippen molar-refractivity contribution in [1.82, 2.24) is 15.5 Å². The molecule has 0 saturated heterocycles. The van der Waals surface area contributed by atoms with Crippen molar-refractivity contribution in [3.8, 4) is 40.0 Å². The highest BCUT2D eigenvalue weighted by atomic mass is 16.5. The average Bonchev–Trinajstić information content (AvgIpc) is 3.35. The van der Waals surface area contributed by atoms with Gasteiger partial charge in [-0.05, 0) is 53.4 Å². The van der Waals surface area contributed by atoms with Crippen LogP contribution in [-0.4, -0.2) is 29.7 Å². The Morgan fingerprint density at radius 1 is 1.06 bits per heavy atom. The van der Waals surface area contributed by atoms with Gasteiger partial charge >= 0.3 is 0 Å². The second-order valence-corrected chi connectivity index (χ2v) is 7.79. The normalized spacial score (nSPS) is 10.6. The number of hydrogen-bond donors (Lipinski definition) is 1. The fourth-order valence-electron chi connectivity index (χ4n) is 3.73. The summed E-state index contributed by atoms with van der Waals surface area (Å²) in [5, 5.41) is 15.5. The highest BCUT2D eigenvalue weighted by Gasteiger charge is 2.15. The molecule has 1 heterocycles. The lowest BCUT2D eigenvalue weighted by atomic mass is 9.94.